The number of nitrogens with one attached hydrogen (secondary N) is 1. The van der Waals surface area contributed by atoms with Crippen LogP contribution in [0.15, 0.2) is 34.3 Å². The van der Waals surface area contributed by atoms with Crippen molar-refractivity contribution >= 4 is 23.9 Å². The molecule has 14 heteroatoms. The van der Waals surface area contributed by atoms with Crippen molar-refractivity contribution in [3.63, 3.8) is 0 Å². The van der Waals surface area contributed by atoms with Crippen molar-refractivity contribution in [2.45, 2.75) is 95.9 Å². The minimum Gasteiger partial charge on any atom is -0.482 e. The van der Waals surface area contributed by atoms with Crippen LogP contribution in [0.2, 0.25) is 0 Å². The number of hydrogen-bond donors (Lipinski definition) is 1. The summed E-state index contributed by atoms with van der Waals surface area (Å²) in [4.78, 5) is 61.8. The van der Waals surface area contributed by atoms with Gasteiger partial charge in [-0.1, -0.05) is 50.2 Å². The SMILES string of the molecule is CCCCCCCCOC(=O)Oc1c2n(cc(C(=O)NCc3ccc(F)cc3F)c1=O)[C@@H]1CN(C2=O)[C@@H](C)CC[C@]12CC(OC)=NO2. The van der Waals surface area contributed by atoms with Gasteiger partial charge in [0.15, 0.2) is 11.3 Å². The highest BCUT2D eigenvalue weighted by Gasteiger charge is 2.55. The Hall–Kier alpha value is -4.49. The molecule has 1 aromatic carbocycles. The Balaban J connectivity index is 1.50. The summed E-state index contributed by atoms with van der Waals surface area (Å²) in [6.45, 7) is 3.83. The monoisotopic (exact) mass is 658 g/mol. The number of amides is 2. The lowest BCUT2D eigenvalue weighted by Gasteiger charge is -2.41. The quantitative estimate of drug-likeness (QED) is 0.256. The first-order valence-electron chi connectivity index (χ1n) is 16.0. The van der Waals surface area contributed by atoms with Gasteiger partial charge in [-0.15, -0.1) is 0 Å². The smallest absolute Gasteiger partial charge is 0.482 e. The third kappa shape index (κ3) is 7.10. The van der Waals surface area contributed by atoms with Gasteiger partial charge < -0.3 is 33.8 Å². The van der Waals surface area contributed by atoms with Crippen LogP contribution in [0, 0.1) is 11.6 Å². The van der Waals surface area contributed by atoms with E-state index in [4.69, 9.17) is 19.0 Å². The number of unbranched alkanes of at least 4 members (excludes halogenated alkanes) is 5. The zero-order chi connectivity index (χ0) is 33.7. The molecule has 1 N–H and O–H groups in total. The fourth-order valence-electron chi connectivity index (χ4n) is 6.36. The van der Waals surface area contributed by atoms with E-state index in [0.717, 1.165) is 38.2 Å². The van der Waals surface area contributed by atoms with Gasteiger partial charge in [-0.05, 0) is 32.3 Å². The number of nitrogens with zero attached hydrogens (tertiary/aromatic N) is 3. The first-order valence-corrected chi connectivity index (χ1v) is 16.0. The molecule has 1 saturated heterocycles. The van der Waals surface area contributed by atoms with Gasteiger partial charge >= 0.3 is 6.16 Å². The number of fused-ring (bicyclic) bond motifs is 5. The van der Waals surface area contributed by atoms with Gasteiger partial charge in [-0.25, -0.2) is 13.6 Å². The van der Waals surface area contributed by atoms with Crippen LogP contribution in [0.4, 0.5) is 13.6 Å². The maximum Gasteiger partial charge on any atom is 0.514 e. The molecule has 3 atom stereocenters. The normalized spacial score (nSPS) is 21.4. The highest BCUT2D eigenvalue weighted by atomic mass is 19.1. The first-order chi connectivity index (χ1) is 22.6. The topological polar surface area (TPSA) is 138 Å². The maximum atomic E-state index is 14.3. The average molecular weight is 659 g/mol. The molecule has 2 amide bonds. The molecule has 47 heavy (non-hydrogen) atoms. The van der Waals surface area contributed by atoms with Gasteiger partial charge in [0.1, 0.15) is 17.2 Å². The molecule has 4 heterocycles. The Morgan fingerprint density at radius 3 is 2.64 bits per heavy atom. The zero-order valence-corrected chi connectivity index (χ0v) is 26.8. The fraction of sp³-hybridized carbons (Fsp3) is 0.545. The second-order valence-electron chi connectivity index (χ2n) is 12.2. The van der Waals surface area contributed by atoms with Gasteiger partial charge in [0, 0.05) is 37.0 Å². The van der Waals surface area contributed by atoms with E-state index in [2.05, 4.69) is 17.4 Å². The summed E-state index contributed by atoms with van der Waals surface area (Å²) >= 11 is 0. The molecule has 5 rings (SSSR count). The number of benzene rings is 1. The van der Waals surface area contributed by atoms with Crippen LogP contribution in [0.3, 0.4) is 0 Å². The lowest BCUT2D eigenvalue weighted by atomic mass is 9.85. The summed E-state index contributed by atoms with van der Waals surface area (Å²) in [6, 6.07) is 1.97. The van der Waals surface area contributed by atoms with Gasteiger partial charge in [-0.3, -0.25) is 14.4 Å². The average Bonchev–Trinajstić information content (AvgIpc) is 3.43. The number of aromatic nitrogens is 1. The summed E-state index contributed by atoms with van der Waals surface area (Å²) in [5.41, 5.74) is -2.74. The van der Waals surface area contributed by atoms with Crippen molar-refractivity contribution in [3.8, 4) is 5.75 Å². The molecular weight excluding hydrogens is 618 g/mol. The number of carbonyl (C=O) groups is 3. The van der Waals surface area contributed by atoms with E-state index in [1.54, 1.807) is 4.90 Å². The van der Waals surface area contributed by atoms with Crippen molar-refractivity contribution < 1.29 is 42.2 Å². The number of pyridine rings is 1. The van der Waals surface area contributed by atoms with E-state index in [1.165, 1.54) is 23.9 Å². The molecule has 1 fully saturated rings. The molecule has 12 nitrogen and oxygen atoms in total. The van der Waals surface area contributed by atoms with Crippen LogP contribution in [0.5, 0.6) is 5.75 Å². The molecule has 254 valence electrons. The van der Waals surface area contributed by atoms with Crippen molar-refractivity contribution in [3.05, 3.63) is 63.1 Å². The summed E-state index contributed by atoms with van der Waals surface area (Å²) in [5, 5.41) is 6.57. The maximum absolute atomic E-state index is 14.3. The number of oxime groups is 1. The molecule has 0 unspecified atom stereocenters. The number of ether oxygens (including phenoxy) is 3. The third-order valence-electron chi connectivity index (χ3n) is 9.10. The highest BCUT2D eigenvalue weighted by molar-refractivity contribution is 6.00. The van der Waals surface area contributed by atoms with E-state index in [9.17, 15) is 28.0 Å². The molecule has 2 bridgehead atoms. The third-order valence-corrected chi connectivity index (χ3v) is 9.10. The standard InChI is InChI=1S/C33H40F2N4O8/c1-4-5-6-7-8-9-14-45-32(43)46-29-27-31(42)38-19-25(33(13-12-20(38)2)16-26(44-3)37-47-33)39(27)18-23(28(29)40)30(41)36-17-21-10-11-22(34)15-24(21)35/h10-11,15,18,20,25H,4-9,12-14,16-17,19H2,1-3H3,(H,36,41)/t20-,25+,33-/m0/s1. The Kier molecular flexibility index (Phi) is 10.5. The molecule has 0 aliphatic carbocycles. The molecule has 1 aromatic heterocycles. The van der Waals surface area contributed by atoms with Crippen molar-refractivity contribution in [2.75, 3.05) is 20.3 Å². The van der Waals surface area contributed by atoms with Crippen LogP contribution >= 0.6 is 0 Å². The van der Waals surface area contributed by atoms with Gasteiger partial charge in [0.05, 0.1) is 26.2 Å². The highest BCUT2D eigenvalue weighted by Crippen LogP contribution is 2.46. The zero-order valence-electron chi connectivity index (χ0n) is 26.8. The largest absolute Gasteiger partial charge is 0.514 e. The molecule has 0 radical (unpaired) electrons. The number of hydrogen-bond acceptors (Lipinski definition) is 9. The summed E-state index contributed by atoms with van der Waals surface area (Å²) < 4.78 is 45.2. The predicted octanol–water partition coefficient (Wildman–Crippen LogP) is 5.23. The Bertz CT molecular complexity index is 1610. The van der Waals surface area contributed by atoms with Crippen molar-refractivity contribution in [1.29, 1.82) is 0 Å². The lowest BCUT2D eigenvalue weighted by molar-refractivity contribution is -0.0655. The Morgan fingerprint density at radius 2 is 1.91 bits per heavy atom. The van der Waals surface area contributed by atoms with E-state index in [0.29, 0.717) is 31.2 Å². The molecule has 0 saturated carbocycles. The summed E-state index contributed by atoms with van der Waals surface area (Å²) in [5.74, 6) is -3.46. The van der Waals surface area contributed by atoms with Gasteiger partial charge in [-0.2, -0.15) is 0 Å². The van der Waals surface area contributed by atoms with Crippen molar-refractivity contribution in [1.82, 2.24) is 14.8 Å². The van der Waals surface area contributed by atoms with E-state index >= 15 is 0 Å². The van der Waals surface area contributed by atoms with Crippen LogP contribution in [-0.4, -0.2) is 65.2 Å². The summed E-state index contributed by atoms with van der Waals surface area (Å²) in [6.07, 6.45) is 7.03. The molecule has 3 aliphatic rings. The predicted molar refractivity (Wildman–Crippen MR) is 165 cm³/mol. The fourth-order valence-corrected chi connectivity index (χ4v) is 6.36. The van der Waals surface area contributed by atoms with E-state index in [1.807, 2.05) is 6.92 Å². The lowest BCUT2D eigenvalue weighted by Crippen LogP contribution is -2.52. The Labute approximate surface area is 271 Å². The van der Waals surface area contributed by atoms with Crippen LogP contribution in [0.1, 0.15) is 104 Å². The Morgan fingerprint density at radius 1 is 1.15 bits per heavy atom. The number of carbonyl (C=O) groups excluding carboxylic acids is 3. The van der Waals surface area contributed by atoms with Crippen molar-refractivity contribution in [2.24, 2.45) is 5.16 Å². The second-order valence-corrected chi connectivity index (χ2v) is 12.2. The molecule has 1 spiro atoms. The van der Waals surface area contributed by atoms with Crippen LogP contribution in [-0.2, 0) is 20.9 Å². The second kappa shape index (κ2) is 14.5. The van der Waals surface area contributed by atoms with E-state index in [-0.39, 0.29) is 43.4 Å². The first kappa shape index (κ1) is 33.9. The minimum atomic E-state index is -1.19. The van der Waals surface area contributed by atoms with Gasteiger partial charge in [0.2, 0.25) is 17.1 Å². The molecule has 3 aliphatic heterocycles. The number of methoxy groups -OCH3 is 1. The van der Waals surface area contributed by atoms with Crippen LogP contribution in [0.25, 0.3) is 0 Å². The molecular formula is C33H40F2N4O8. The minimum absolute atomic E-state index is 0.0151. The number of rotatable bonds is 11. The van der Waals surface area contributed by atoms with Crippen LogP contribution < -0.4 is 15.5 Å². The molecule has 2 aromatic rings. The van der Waals surface area contributed by atoms with E-state index < -0.39 is 58.0 Å². The number of halogens is 2. The van der Waals surface area contributed by atoms with Gasteiger partial charge in [0.25, 0.3) is 11.8 Å². The summed E-state index contributed by atoms with van der Waals surface area (Å²) in [7, 11) is 1.47.